The minimum atomic E-state index is -3.71. The Hall–Kier alpha value is -2.31. The monoisotopic (exact) mass is 463 g/mol. The Morgan fingerprint density at radius 2 is 2.06 bits per heavy atom. The number of halogens is 2. The molecule has 3 N–H and O–H groups in total. The van der Waals surface area contributed by atoms with Gasteiger partial charge in [0.25, 0.3) is 6.43 Å². The number of amides is 3. The third-order valence-electron chi connectivity index (χ3n) is 4.88. The van der Waals surface area contributed by atoms with Crippen LogP contribution in [0.1, 0.15) is 31.7 Å². The summed E-state index contributed by atoms with van der Waals surface area (Å²) in [6, 6.07) is 5.49. The minimum absolute atomic E-state index is 0.0343. The number of hydrogen-bond donors (Lipinski definition) is 3. The van der Waals surface area contributed by atoms with Crippen molar-refractivity contribution in [2.45, 2.75) is 38.2 Å². The van der Waals surface area contributed by atoms with Gasteiger partial charge in [0.15, 0.2) is 0 Å². The largest absolute Gasteiger partial charge is 0.488 e. The average Bonchev–Trinajstić information content (AvgIpc) is 3.05. The van der Waals surface area contributed by atoms with Crippen molar-refractivity contribution in [3.8, 4) is 5.75 Å². The molecule has 2 rings (SSSR count). The number of sulfonamides is 1. The van der Waals surface area contributed by atoms with E-state index in [1.165, 1.54) is 23.1 Å². The van der Waals surface area contributed by atoms with Crippen LogP contribution in [0.25, 0.3) is 0 Å². The van der Waals surface area contributed by atoms with Gasteiger partial charge < -0.3 is 14.7 Å². The van der Waals surface area contributed by atoms with Gasteiger partial charge in [-0.15, -0.1) is 0 Å². The lowest BCUT2D eigenvalue weighted by Gasteiger charge is -2.28. The molecule has 1 saturated heterocycles. The standard InChI is InChI=1S/C19H27F2N3O6S/c1-2-19(27,14-6-5-7-15(10-14)30-12-16(20)21)13-22-31(28,29)9-4-3-8-24-11-17(25)23-18(24)26/h5-7,10,16,22,27H,2-4,8-9,11-13H2,1H3,(H,23,25,26)/t19-/m1/s1. The molecular weight excluding hydrogens is 436 g/mol. The number of hydrogen-bond acceptors (Lipinski definition) is 6. The van der Waals surface area contributed by atoms with Gasteiger partial charge in [-0.25, -0.2) is 26.7 Å². The predicted molar refractivity (Wildman–Crippen MR) is 108 cm³/mol. The summed E-state index contributed by atoms with van der Waals surface area (Å²) in [5.41, 5.74) is -1.21. The fourth-order valence-corrected chi connectivity index (χ4v) is 4.21. The van der Waals surface area contributed by atoms with E-state index in [0.717, 1.165) is 0 Å². The molecule has 1 aliphatic heterocycles. The molecule has 0 spiro atoms. The smallest absolute Gasteiger partial charge is 0.324 e. The van der Waals surface area contributed by atoms with Gasteiger partial charge in [-0.05, 0) is 37.0 Å². The van der Waals surface area contributed by atoms with Crippen LogP contribution in [0.2, 0.25) is 0 Å². The summed E-state index contributed by atoms with van der Waals surface area (Å²) in [7, 11) is -3.71. The van der Waals surface area contributed by atoms with Gasteiger partial charge in [-0.3, -0.25) is 10.1 Å². The minimum Gasteiger partial charge on any atom is -0.488 e. The molecule has 0 unspecified atom stereocenters. The molecule has 1 heterocycles. The Morgan fingerprint density at radius 3 is 2.68 bits per heavy atom. The average molecular weight is 464 g/mol. The van der Waals surface area contributed by atoms with Crippen molar-refractivity contribution in [3.05, 3.63) is 29.8 Å². The van der Waals surface area contributed by atoms with Crippen molar-refractivity contribution in [3.63, 3.8) is 0 Å². The number of urea groups is 1. The summed E-state index contributed by atoms with van der Waals surface area (Å²) in [5, 5.41) is 13.1. The van der Waals surface area contributed by atoms with Crippen molar-refractivity contribution in [2.24, 2.45) is 0 Å². The molecular formula is C19H27F2N3O6S. The lowest BCUT2D eigenvalue weighted by Crippen LogP contribution is -2.41. The van der Waals surface area contributed by atoms with Crippen molar-refractivity contribution < 1.29 is 36.6 Å². The van der Waals surface area contributed by atoms with Gasteiger partial charge in [0.2, 0.25) is 15.9 Å². The molecule has 3 amide bonds. The maximum Gasteiger partial charge on any atom is 0.324 e. The quantitative estimate of drug-likeness (QED) is 0.298. The number of nitrogens with zero attached hydrogens (tertiary/aromatic N) is 1. The van der Waals surface area contributed by atoms with Crippen LogP contribution in [0.15, 0.2) is 24.3 Å². The molecule has 1 aromatic carbocycles. The first kappa shape index (κ1) is 25.0. The first-order valence-electron chi connectivity index (χ1n) is 9.84. The van der Waals surface area contributed by atoms with E-state index < -0.39 is 34.7 Å². The first-order valence-corrected chi connectivity index (χ1v) is 11.5. The van der Waals surface area contributed by atoms with Crippen molar-refractivity contribution in [2.75, 3.05) is 32.0 Å². The molecule has 1 atom stereocenters. The molecule has 1 aromatic rings. The van der Waals surface area contributed by atoms with Gasteiger partial charge in [0.05, 0.1) is 5.75 Å². The molecule has 0 bridgehead atoms. The van der Waals surface area contributed by atoms with Crippen LogP contribution < -0.4 is 14.8 Å². The second-order valence-electron chi connectivity index (χ2n) is 7.24. The van der Waals surface area contributed by atoms with Crippen molar-refractivity contribution in [1.82, 2.24) is 14.9 Å². The first-order chi connectivity index (χ1) is 14.5. The van der Waals surface area contributed by atoms with E-state index in [1.54, 1.807) is 13.0 Å². The van der Waals surface area contributed by atoms with Gasteiger partial charge >= 0.3 is 6.03 Å². The van der Waals surface area contributed by atoms with E-state index in [9.17, 15) is 31.9 Å². The Morgan fingerprint density at radius 1 is 1.32 bits per heavy atom. The second-order valence-corrected chi connectivity index (χ2v) is 9.16. The van der Waals surface area contributed by atoms with Gasteiger partial charge in [-0.1, -0.05) is 19.1 Å². The molecule has 0 radical (unpaired) electrons. The van der Waals surface area contributed by atoms with E-state index in [0.29, 0.717) is 12.0 Å². The SMILES string of the molecule is CC[C@@](O)(CNS(=O)(=O)CCCCN1CC(=O)NC1=O)c1cccc(OCC(F)F)c1. The lowest BCUT2D eigenvalue weighted by molar-refractivity contribution is -0.118. The molecule has 0 aliphatic carbocycles. The third-order valence-corrected chi connectivity index (χ3v) is 6.29. The highest BCUT2D eigenvalue weighted by Gasteiger charge is 2.30. The molecule has 0 saturated carbocycles. The van der Waals surface area contributed by atoms with Crippen LogP contribution in [-0.4, -0.2) is 68.8 Å². The Balaban J connectivity index is 1.87. The zero-order valence-electron chi connectivity index (χ0n) is 17.1. The number of benzene rings is 1. The molecule has 1 aliphatic rings. The summed E-state index contributed by atoms with van der Waals surface area (Å²) in [4.78, 5) is 23.9. The second kappa shape index (κ2) is 10.8. The number of carbonyl (C=O) groups excluding carboxylic acids is 2. The summed E-state index contributed by atoms with van der Waals surface area (Å²) in [6.45, 7) is 0.815. The van der Waals surface area contributed by atoms with Gasteiger partial charge in [0, 0.05) is 13.1 Å². The van der Waals surface area contributed by atoms with Crippen LogP contribution in [0.5, 0.6) is 5.75 Å². The number of rotatable bonds is 13. The van der Waals surface area contributed by atoms with E-state index in [1.807, 2.05) is 0 Å². The topological polar surface area (TPSA) is 125 Å². The number of imide groups is 1. The van der Waals surface area contributed by atoms with Crippen LogP contribution in [0.4, 0.5) is 13.6 Å². The number of carbonyl (C=O) groups is 2. The fourth-order valence-electron chi connectivity index (χ4n) is 3.03. The number of aliphatic hydroxyl groups is 1. The fraction of sp³-hybridized carbons (Fsp3) is 0.579. The van der Waals surface area contributed by atoms with Crippen LogP contribution in [-0.2, 0) is 20.4 Å². The van der Waals surface area contributed by atoms with E-state index >= 15 is 0 Å². The Kier molecular flexibility index (Phi) is 8.71. The van der Waals surface area contributed by atoms with Crippen molar-refractivity contribution >= 4 is 22.0 Å². The number of alkyl halides is 2. The highest BCUT2D eigenvalue weighted by molar-refractivity contribution is 7.89. The molecule has 1 fully saturated rings. The molecule has 9 nitrogen and oxygen atoms in total. The van der Waals surface area contributed by atoms with Crippen molar-refractivity contribution in [1.29, 1.82) is 0 Å². The van der Waals surface area contributed by atoms with Crippen LogP contribution >= 0.6 is 0 Å². The predicted octanol–water partition coefficient (Wildman–Crippen LogP) is 1.18. The third kappa shape index (κ3) is 7.71. The number of ether oxygens (including phenoxy) is 1. The normalized spacial score (nSPS) is 16.5. The highest BCUT2D eigenvalue weighted by atomic mass is 32.2. The molecule has 0 aromatic heterocycles. The maximum absolute atomic E-state index is 12.3. The zero-order valence-corrected chi connectivity index (χ0v) is 18.0. The van der Waals surface area contributed by atoms with Crippen LogP contribution in [0, 0.1) is 0 Å². The summed E-state index contributed by atoms with van der Waals surface area (Å²) in [6.07, 6.45) is -1.81. The van der Waals surface area contributed by atoms with E-state index in [-0.39, 0.29) is 49.9 Å². The van der Waals surface area contributed by atoms with Gasteiger partial charge in [-0.2, -0.15) is 0 Å². The number of nitrogens with one attached hydrogen (secondary N) is 2. The maximum atomic E-state index is 12.3. The molecule has 174 valence electrons. The molecule has 31 heavy (non-hydrogen) atoms. The summed E-state index contributed by atoms with van der Waals surface area (Å²) >= 11 is 0. The number of unbranched alkanes of at least 4 members (excludes halogenated alkanes) is 1. The zero-order chi connectivity index (χ0) is 23.1. The van der Waals surface area contributed by atoms with E-state index in [4.69, 9.17) is 4.74 Å². The summed E-state index contributed by atoms with van der Waals surface area (Å²) < 4.78 is 56.6. The molecule has 12 heteroatoms. The van der Waals surface area contributed by atoms with E-state index in [2.05, 4.69) is 10.0 Å². The Bertz CT molecular complexity index is 883. The summed E-state index contributed by atoms with van der Waals surface area (Å²) in [5.74, 6) is -0.452. The highest BCUT2D eigenvalue weighted by Crippen LogP contribution is 2.27. The van der Waals surface area contributed by atoms with Gasteiger partial charge in [0.1, 0.15) is 24.5 Å². The Labute approximate surface area is 179 Å². The van der Waals surface area contributed by atoms with Crippen LogP contribution in [0.3, 0.4) is 0 Å². The lowest BCUT2D eigenvalue weighted by atomic mass is 9.91.